The number of rotatable bonds is 4. The van der Waals surface area contributed by atoms with Crippen molar-refractivity contribution in [1.82, 2.24) is 9.38 Å². The van der Waals surface area contributed by atoms with Gasteiger partial charge in [0.2, 0.25) is 0 Å². The zero-order valence-corrected chi connectivity index (χ0v) is 12.8. The van der Waals surface area contributed by atoms with Crippen LogP contribution in [0, 0.1) is 13.8 Å². The van der Waals surface area contributed by atoms with Crippen molar-refractivity contribution in [3.8, 4) is 17.0 Å². The lowest BCUT2D eigenvalue weighted by Gasteiger charge is -2.08. The average molecular weight is 280 g/mol. The Morgan fingerprint density at radius 3 is 2.57 bits per heavy atom. The summed E-state index contributed by atoms with van der Waals surface area (Å²) in [7, 11) is 0. The van der Waals surface area contributed by atoms with Crippen LogP contribution >= 0.6 is 0 Å². The lowest BCUT2D eigenvalue weighted by Crippen LogP contribution is -1.96. The SMILES string of the molecule is CCCOc1ccc(-c2cnc3cc(C)cc(C)n23)cc1. The van der Waals surface area contributed by atoms with Crippen LogP contribution in [0.15, 0.2) is 42.6 Å². The first-order valence-electron chi connectivity index (χ1n) is 7.37. The Labute approximate surface area is 125 Å². The Morgan fingerprint density at radius 2 is 1.86 bits per heavy atom. The highest BCUT2D eigenvalue weighted by molar-refractivity contribution is 5.65. The fraction of sp³-hybridized carbons (Fsp3) is 0.278. The van der Waals surface area contributed by atoms with Crippen molar-refractivity contribution in [2.24, 2.45) is 0 Å². The number of pyridine rings is 1. The van der Waals surface area contributed by atoms with Crippen molar-refractivity contribution in [3.63, 3.8) is 0 Å². The minimum atomic E-state index is 0.757. The van der Waals surface area contributed by atoms with Crippen molar-refractivity contribution in [3.05, 3.63) is 53.9 Å². The summed E-state index contributed by atoms with van der Waals surface area (Å²) in [5.41, 5.74) is 5.70. The molecule has 0 radical (unpaired) electrons. The molecule has 0 fully saturated rings. The van der Waals surface area contributed by atoms with E-state index in [1.54, 1.807) is 0 Å². The second kappa shape index (κ2) is 5.60. The Bertz CT molecular complexity index is 757. The van der Waals surface area contributed by atoms with E-state index in [1.165, 1.54) is 11.3 Å². The summed E-state index contributed by atoms with van der Waals surface area (Å²) < 4.78 is 7.82. The van der Waals surface area contributed by atoms with E-state index in [1.807, 2.05) is 18.3 Å². The van der Waals surface area contributed by atoms with E-state index in [0.717, 1.165) is 35.7 Å². The second-order valence-electron chi connectivity index (χ2n) is 5.38. The number of hydrogen-bond donors (Lipinski definition) is 0. The molecule has 21 heavy (non-hydrogen) atoms. The van der Waals surface area contributed by atoms with Crippen LogP contribution in [0.25, 0.3) is 16.9 Å². The second-order valence-corrected chi connectivity index (χ2v) is 5.38. The van der Waals surface area contributed by atoms with Crippen molar-refractivity contribution in [1.29, 1.82) is 0 Å². The number of imidazole rings is 1. The molecule has 3 aromatic rings. The number of fused-ring (bicyclic) bond motifs is 1. The van der Waals surface area contributed by atoms with E-state index in [9.17, 15) is 0 Å². The predicted molar refractivity (Wildman–Crippen MR) is 85.9 cm³/mol. The number of aromatic nitrogens is 2. The molecule has 0 atom stereocenters. The highest BCUT2D eigenvalue weighted by atomic mass is 16.5. The monoisotopic (exact) mass is 280 g/mol. The van der Waals surface area contributed by atoms with Gasteiger partial charge in [0.15, 0.2) is 0 Å². The molecule has 2 heterocycles. The molecule has 0 saturated heterocycles. The van der Waals surface area contributed by atoms with Crippen LogP contribution in [0.5, 0.6) is 5.75 Å². The molecule has 0 aliphatic heterocycles. The molecule has 1 aromatic carbocycles. The van der Waals surface area contributed by atoms with Crippen LogP contribution in [-0.4, -0.2) is 16.0 Å². The lowest BCUT2D eigenvalue weighted by molar-refractivity contribution is 0.317. The van der Waals surface area contributed by atoms with Crippen LogP contribution in [0.2, 0.25) is 0 Å². The third kappa shape index (κ3) is 2.64. The lowest BCUT2D eigenvalue weighted by atomic mass is 10.1. The van der Waals surface area contributed by atoms with Crippen molar-refractivity contribution < 1.29 is 4.74 Å². The predicted octanol–water partition coefficient (Wildman–Crippen LogP) is 4.41. The summed E-state index contributed by atoms with van der Waals surface area (Å²) in [5, 5.41) is 0. The number of nitrogens with zero attached hydrogens (tertiary/aromatic N) is 2. The summed E-state index contributed by atoms with van der Waals surface area (Å²) in [5.74, 6) is 0.919. The molecule has 0 unspecified atom stereocenters. The first-order valence-corrected chi connectivity index (χ1v) is 7.37. The fourth-order valence-electron chi connectivity index (χ4n) is 2.62. The summed E-state index contributed by atoms with van der Waals surface area (Å²) in [6.45, 7) is 7.08. The van der Waals surface area contributed by atoms with Crippen LogP contribution in [-0.2, 0) is 0 Å². The molecular weight excluding hydrogens is 260 g/mol. The molecule has 3 nitrogen and oxygen atoms in total. The van der Waals surface area contributed by atoms with Crippen molar-refractivity contribution in [2.45, 2.75) is 27.2 Å². The van der Waals surface area contributed by atoms with Gasteiger partial charge < -0.3 is 4.74 Å². The molecule has 108 valence electrons. The minimum Gasteiger partial charge on any atom is -0.494 e. The Morgan fingerprint density at radius 1 is 1.10 bits per heavy atom. The number of aryl methyl sites for hydroxylation is 2. The van der Waals surface area contributed by atoms with Crippen molar-refractivity contribution in [2.75, 3.05) is 6.61 Å². The molecule has 3 rings (SSSR count). The summed E-state index contributed by atoms with van der Waals surface area (Å²) >= 11 is 0. The maximum absolute atomic E-state index is 5.63. The molecule has 0 amide bonds. The van der Waals surface area contributed by atoms with Crippen LogP contribution in [0.4, 0.5) is 0 Å². The normalized spacial score (nSPS) is 11.0. The highest BCUT2D eigenvalue weighted by Gasteiger charge is 2.08. The van der Waals surface area contributed by atoms with Crippen LogP contribution in [0.1, 0.15) is 24.6 Å². The molecule has 0 aliphatic rings. The van der Waals surface area contributed by atoms with E-state index >= 15 is 0 Å². The zero-order chi connectivity index (χ0) is 14.8. The number of hydrogen-bond acceptors (Lipinski definition) is 2. The summed E-state index contributed by atoms with van der Waals surface area (Å²) in [6, 6.07) is 12.5. The van der Waals surface area contributed by atoms with Gasteiger partial charge in [-0.3, -0.25) is 4.40 Å². The first kappa shape index (κ1) is 13.7. The van der Waals surface area contributed by atoms with Gasteiger partial charge in [0.1, 0.15) is 11.4 Å². The van der Waals surface area contributed by atoms with E-state index in [-0.39, 0.29) is 0 Å². The van der Waals surface area contributed by atoms with Gasteiger partial charge in [0.25, 0.3) is 0 Å². The maximum atomic E-state index is 5.63. The molecule has 0 saturated carbocycles. The van der Waals surface area contributed by atoms with Crippen molar-refractivity contribution >= 4 is 5.65 Å². The third-order valence-corrected chi connectivity index (χ3v) is 3.56. The largest absolute Gasteiger partial charge is 0.494 e. The van der Waals surface area contributed by atoms with E-state index in [0.29, 0.717) is 0 Å². The molecule has 0 bridgehead atoms. The smallest absolute Gasteiger partial charge is 0.137 e. The average Bonchev–Trinajstić information content (AvgIpc) is 2.89. The van der Waals surface area contributed by atoms with Gasteiger partial charge in [-0.2, -0.15) is 0 Å². The summed E-state index contributed by atoms with van der Waals surface area (Å²) in [4.78, 5) is 4.52. The number of benzene rings is 1. The molecule has 0 spiro atoms. The van der Waals surface area contributed by atoms with Gasteiger partial charge >= 0.3 is 0 Å². The molecule has 2 aromatic heterocycles. The Hall–Kier alpha value is -2.29. The molecule has 0 aliphatic carbocycles. The van der Waals surface area contributed by atoms with Gasteiger partial charge in [0, 0.05) is 11.3 Å². The Kier molecular flexibility index (Phi) is 3.65. The van der Waals surface area contributed by atoms with E-state index in [2.05, 4.69) is 54.4 Å². The molecular formula is C18H20N2O. The van der Waals surface area contributed by atoms with Gasteiger partial charge in [-0.05, 0) is 62.2 Å². The third-order valence-electron chi connectivity index (χ3n) is 3.56. The highest BCUT2D eigenvalue weighted by Crippen LogP contribution is 2.25. The Balaban J connectivity index is 2.00. The molecule has 0 N–H and O–H groups in total. The van der Waals surface area contributed by atoms with E-state index < -0.39 is 0 Å². The topological polar surface area (TPSA) is 26.5 Å². The van der Waals surface area contributed by atoms with E-state index in [4.69, 9.17) is 4.74 Å². The minimum absolute atomic E-state index is 0.757. The van der Waals surface area contributed by atoms with Gasteiger partial charge in [-0.1, -0.05) is 6.92 Å². The quantitative estimate of drug-likeness (QED) is 0.707. The zero-order valence-electron chi connectivity index (χ0n) is 12.8. The van der Waals surface area contributed by atoms with Crippen LogP contribution < -0.4 is 4.74 Å². The van der Waals surface area contributed by atoms with Gasteiger partial charge in [-0.15, -0.1) is 0 Å². The standard InChI is InChI=1S/C18H20N2O/c1-4-9-21-16-7-5-15(6-8-16)17-12-19-18-11-13(2)10-14(3)20(17)18/h5-8,10-12H,4,9H2,1-3H3. The number of ether oxygens (including phenoxy) is 1. The fourth-order valence-corrected chi connectivity index (χ4v) is 2.62. The molecule has 3 heteroatoms. The summed E-state index contributed by atoms with van der Waals surface area (Å²) in [6.07, 6.45) is 2.96. The maximum Gasteiger partial charge on any atom is 0.137 e. The van der Waals surface area contributed by atoms with Crippen LogP contribution in [0.3, 0.4) is 0 Å². The van der Waals surface area contributed by atoms with Gasteiger partial charge in [-0.25, -0.2) is 4.98 Å². The first-order chi connectivity index (χ1) is 10.2. The van der Waals surface area contributed by atoms with Gasteiger partial charge in [0.05, 0.1) is 18.5 Å².